The highest BCUT2D eigenvalue weighted by Crippen LogP contribution is 2.28. The van der Waals surface area contributed by atoms with Crippen LogP contribution in [0, 0.1) is 5.82 Å². The van der Waals surface area contributed by atoms with E-state index in [1.807, 2.05) is 12.1 Å². The molecule has 1 unspecified atom stereocenters. The van der Waals surface area contributed by atoms with E-state index in [4.69, 9.17) is 5.90 Å². The topological polar surface area (TPSA) is 73.4 Å². The number of halogens is 1. The summed E-state index contributed by atoms with van der Waals surface area (Å²) < 4.78 is 15.5. The number of piperidine rings is 1. The summed E-state index contributed by atoms with van der Waals surface area (Å²) in [6.45, 7) is 5.55. The molecule has 0 spiro atoms. The van der Waals surface area contributed by atoms with Crippen LogP contribution < -0.4 is 5.90 Å². The molecule has 0 aliphatic carbocycles. The lowest BCUT2D eigenvalue weighted by Crippen LogP contribution is -2.34. The van der Waals surface area contributed by atoms with Crippen LogP contribution in [-0.4, -0.2) is 40.3 Å². The van der Waals surface area contributed by atoms with Crippen molar-refractivity contribution >= 4 is 16.9 Å². The molecule has 1 aliphatic heterocycles. The minimum atomic E-state index is -0.817. The fourth-order valence-corrected chi connectivity index (χ4v) is 3.96. The Morgan fingerprint density at radius 2 is 2.11 bits per heavy atom. The fraction of sp³-hybridized carbons (Fsp3) is 0.333. The average Bonchev–Trinajstić information content (AvgIpc) is 3.16. The second-order valence-corrected chi connectivity index (χ2v) is 7.19. The summed E-state index contributed by atoms with van der Waals surface area (Å²) in [5.41, 5.74) is 2.52. The molecule has 0 bridgehead atoms. The van der Waals surface area contributed by atoms with Gasteiger partial charge in [-0.05, 0) is 61.7 Å². The lowest BCUT2D eigenvalue weighted by atomic mass is 9.90. The number of likely N-dealkylation sites (tertiary alicyclic amines) is 1. The van der Waals surface area contributed by atoms with Crippen molar-refractivity contribution in [1.82, 2.24) is 14.7 Å². The van der Waals surface area contributed by atoms with Crippen LogP contribution in [0.25, 0.3) is 16.6 Å². The number of hydrogen-bond donors (Lipinski definition) is 1. The van der Waals surface area contributed by atoms with Crippen LogP contribution in [0.4, 0.5) is 4.39 Å². The molecule has 2 heterocycles. The van der Waals surface area contributed by atoms with Crippen LogP contribution in [0.5, 0.6) is 0 Å². The zero-order valence-corrected chi connectivity index (χ0v) is 15.8. The first-order chi connectivity index (χ1) is 13.6. The largest absolute Gasteiger partial charge is 0.370 e. The molecule has 146 valence electrons. The average molecular weight is 382 g/mol. The van der Waals surface area contributed by atoms with Gasteiger partial charge < -0.3 is 9.74 Å². The van der Waals surface area contributed by atoms with Gasteiger partial charge in [-0.25, -0.2) is 13.9 Å². The molecule has 1 aliphatic rings. The number of nitrogens with two attached hydrogens (primary N) is 1. The van der Waals surface area contributed by atoms with Gasteiger partial charge in [0.25, 0.3) is 0 Å². The molecule has 2 aromatic carbocycles. The van der Waals surface area contributed by atoms with Gasteiger partial charge in [-0.3, -0.25) is 0 Å². The number of carbonyl (C=O) groups is 1. The van der Waals surface area contributed by atoms with Gasteiger partial charge in [0.2, 0.25) is 0 Å². The summed E-state index contributed by atoms with van der Waals surface area (Å²) in [5.74, 6) is 4.14. The van der Waals surface area contributed by atoms with Gasteiger partial charge >= 0.3 is 5.97 Å². The van der Waals surface area contributed by atoms with E-state index in [0.29, 0.717) is 16.8 Å². The maximum atomic E-state index is 13.8. The second-order valence-electron chi connectivity index (χ2n) is 7.19. The Morgan fingerprint density at radius 3 is 2.82 bits per heavy atom. The summed E-state index contributed by atoms with van der Waals surface area (Å²) >= 11 is 0. The molecule has 0 radical (unpaired) electrons. The number of rotatable bonds is 4. The lowest BCUT2D eigenvalue weighted by Gasteiger charge is -2.32. The maximum Gasteiger partial charge on any atom is 0.359 e. The highest BCUT2D eigenvalue weighted by Gasteiger charge is 2.20. The molecule has 0 amide bonds. The third-order valence-electron chi connectivity index (χ3n) is 5.48. The quantitative estimate of drug-likeness (QED) is 0.700. The summed E-state index contributed by atoms with van der Waals surface area (Å²) in [6, 6.07) is 10.7. The van der Waals surface area contributed by atoms with E-state index >= 15 is 0 Å². The van der Waals surface area contributed by atoms with Crippen LogP contribution >= 0.6 is 0 Å². The monoisotopic (exact) mass is 382 g/mol. The summed E-state index contributed by atoms with van der Waals surface area (Å²) in [6.07, 6.45) is 4.11. The molecule has 1 fully saturated rings. The van der Waals surface area contributed by atoms with Crippen molar-refractivity contribution in [1.29, 1.82) is 0 Å². The van der Waals surface area contributed by atoms with Crippen LogP contribution in [0.2, 0.25) is 0 Å². The van der Waals surface area contributed by atoms with Crippen molar-refractivity contribution in [2.45, 2.75) is 25.7 Å². The molecule has 2 N–H and O–H groups in total. The summed E-state index contributed by atoms with van der Waals surface area (Å²) in [5, 5.41) is 4.96. The molecule has 1 saturated heterocycles. The Balaban J connectivity index is 1.64. The van der Waals surface area contributed by atoms with Crippen molar-refractivity contribution < 1.29 is 14.0 Å². The van der Waals surface area contributed by atoms with E-state index in [1.54, 1.807) is 10.9 Å². The Labute approximate surface area is 162 Å². The molecule has 1 aromatic heterocycles. The Kier molecular flexibility index (Phi) is 5.11. The first kappa shape index (κ1) is 18.6. The van der Waals surface area contributed by atoms with Gasteiger partial charge in [0.1, 0.15) is 11.3 Å². The number of fused-ring (bicyclic) bond motifs is 1. The van der Waals surface area contributed by atoms with E-state index in [2.05, 4.69) is 33.9 Å². The van der Waals surface area contributed by atoms with Crippen LogP contribution in [0.3, 0.4) is 0 Å². The molecule has 7 heteroatoms. The molecule has 6 nitrogen and oxygen atoms in total. The van der Waals surface area contributed by atoms with Gasteiger partial charge in [0.05, 0.1) is 11.3 Å². The SMILES string of the molecule is CCN1CCCC(c2ccc(-n3cc4cc(F)cc(C(=O)ON)c4n3)cc2)C1. The number of likely N-dealkylation sites (N-methyl/N-ethyl adjacent to an activating group) is 1. The van der Waals surface area contributed by atoms with E-state index in [-0.39, 0.29) is 5.56 Å². The van der Waals surface area contributed by atoms with Crippen LogP contribution in [0.15, 0.2) is 42.6 Å². The number of carbonyl (C=O) groups excluding carboxylic acids is 1. The number of benzene rings is 2. The molecule has 4 rings (SSSR count). The minimum absolute atomic E-state index is 0.00901. The van der Waals surface area contributed by atoms with E-state index in [0.717, 1.165) is 24.8 Å². The van der Waals surface area contributed by atoms with Crippen LogP contribution in [0.1, 0.15) is 41.6 Å². The van der Waals surface area contributed by atoms with Crippen molar-refractivity contribution in [2.24, 2.45) is 5.90 Å². The molecule has 3 aromatic rings. The third kappa shape index (κ3) is 3.50. The predicted octanol–water partition coefficient (Wildman–Crippen LogP) is 3.39. The molecular formula is C21H23FN4O2. The van der Waals surface area contributed by atoms with Crippen molar-refractivity contribution in [3.05, 3.63) is 59.5 Å². The standard InChI is InChI=1S/C21H23FN4O2/c1-2-25-9-3-4-15(12-25)14-5-7-18(8-6-14)26-13-16-10-17(22)11-19(20(16)24-26)21(27)28-23/h5-8,10-11,13,15H,2-4,9,12,23H2,1H3. The Hall–Kier alpha value is -2.77. The minimum Gasteiger partial charge on any atom is -0.370 e. The molecular weight excluding hydrogens is 359 g/mol. The Bertz CT molecular complexity index is 1000. The molecule has 0 saturated carbocycles. The zero-order valence-electron chi connectivity index (χ0n) is 15.8. The smallest absolute Gasteiger partial charge is 0.359 e. The first-order valence-electron chi connectivity index (χ1n) is 9.51. The van der Waals surface area contributed by atoms with E-state index in [9.17, 15) is 9.18 Å². The van der Waals surface area contributed by atoms with Crippen LogP contribution in [-0.2, 0) is 4.84 Å². The van der Waals surface area contributed by atoms with Crippen molar-refractivity contribution in [2.75, 3.05) is 19.6 Å². The fourth-order valence-electron chi connectivity index (χ4n) is 3.96. The number of hydrogen-bond acceptors (Lipinski definition) is 5. The number of nitrogens with zero attached hydrogens (tertiary/aromatic N) is 3. The van der Waals surface area contributed by atoms with Gasteiger partial charge in [0, 0.05) is 18.1 Å². The van der Waals surface area contributed by atoms with Gasteiger partial charge in [-0.1, -0.05) is 19.1 Å². The summed E-state index contributed by atoms with van der Waals surface area (Å²) in [4.78, 5) is 18.6. The second kappa shape index (κ2) is 7.69. The van der Waals surface area contributed by atoms with Gasteiger partial charge in [-0.15, -0.1) is 0 Å². The van der Waals surface area contributed by atoms with E-state index < -0.39 is 11.8 Å². The van der Waals surface area contributed by atoms with Crippen molar-refractivity contribution in [3.8, 4) is 5.69 Å². The van der Waals surface area contributed by atoms with E-state index in [1.165, 1.54) is 31.0 Å². The maximum absolute atomic E-state index is 13.8. The Morgan fingerprint density at radius 1 is 1.32 bits per heavy atom. The normalized spacial score (nSPS) is 17.8. The summed E-state index contributed by atoms with van der Waals surface area (Å²) in [7, 11) is 0. The zero-order chi connectivity index (χ0) is 19.7. The first-order valence-corrected chi connectivity index (χ1v) is 9.51. The molecule has 1 atom stereocenters. The lowest BCUT2D eigenvalue weighted by molar-refractivity contribution is 0.0505. The highest BCUT2D eigenvalue weighted by atomic mass is 19.1. The third-order valence-corrected chi connectivity index (χ3v) is 5.48. The van der Waals surface area contributed by atoms with Crippen molar-refractivity contribution in [3.63, 3.8) is 0 Å². The molecule has 28 heavy (non-hydrogen) atoms. The van der Waals surface area contributed by atoms with Gasteiger partial charge in [0.15, 0.2) is 0 Å². The predicted molar refractivity (Wildman–Crippen MR) is 105 cm³/mol. The highest BCUT2D eigenvalue weighted by molar-refractivity contribution is 6.02. The van der Waals surface area contributed by atoms with Gasteiger partial charge in [-0.2, -0.15) is 11.0 Å². The number of aromatic nitrogens is 2.